The Balaban J connectivity index is 2.54. The van der Waals surface area contributed by atoms with Gasteiger partial charge in [0.1, 0.15) is 5.82 Å². The maximum absolute atomic E-state index is 12.7. The summed E-state index contributed by atoms with van der Waals surface area (Å²) in [6, 6.07) is 5.18. The van der Waals surface area contributed by atoms with E-state index in [1.54, 1.807) is 7.05 Å². The highest BCUT2D eigenvalue weighted by molar-refractivity contribution is 7.88. The van der Waals surface area contributed by atoms with E-state index in [0.29, 0.717) is 5.56 Å². The summed E-state index contributed by atoms with van der Waals surface area (Å²) in [6.45, 7) is 0.381. The van der Waals surface area contributed by atoms with Crippen molar-refractivity contribution in [2.24, 2.45) is 0 Å². The smallest absolute Gasteiger partial charge is 0.253 e. The van der Waals surface area contributed by atoms with Crippen molar-refractivity contribution in [3.05, 3.63) is 35.6 Å². The van der Waals surface area contributed by atoms with Crippen molar-refractivity contribution in [3.8, 4) is 0 Å². The summed E-state index contributed by atoms with van der Waals surface area (Å²) >= 11 is 0. The molecule has 0 aliphatic rings. The van der Waals surface area contributed by atoms with Crippen molar-refractivity contribution >= 4 is 15.9 Å². The molecule has 0 fully saturated rings. The van der Waals surface area contributed by atoms with Gasteiger partial charge in [-0.1, -0.05) is 0 Å². The lowest BCUT2D eigenvalue weighted by atomic mass is 10.2. The number of hydrogen-bond acceptors (Lipinski definition) is 3. The second kappa shape index (κ2) is 5.92. The summed E-state index contributed by atoms with van der Waals surface area (Å²) in [4.78, 5) is 13.2. The van der Waals surface area contributed by atoms with E-state index in [-0.39, 0.29) is 19.0 Å². The lowest BCUT2D eigenvalue weighted by Crippen LogP contribution is -2.35. The topological polar surface area (TPSA) is 66.5 Å². The number of carbonyl (C=O) groups excluding carboxylic acids is 1. The molecule has 1 N–H and O–H groups in total. The first-order chi connectivity index (χ1) is 8.29. The highest BCUT2D eigenvalue weighted by Crippen LogP contribution is 2.05. The summed E-state index contributed by atoms with van der Waals surface area (Å²) in [5.41, 5.74) is 0.359. The molecule has 1 aromatic carbocycles. The Morgan fingerprint density at radius 3 is 2.39 bits per heavy atom. The van der Waals surface area contributed by atoms with Crippen molar-refractivity contribution < 1.29 is 17.6 Å². The number of rotatable bonds is 5. The van der Waals surface area contributed by atoms with E-state index in [2.05, 4.69) is 4.72 Å². The van der Waals surface area contributed by atoms with E-state index in [9.17, 15) is 17.6 Å². The highest BCUT2D eigenvalue weighted by Gasteiger charge is 2.11. The molecule has 0 aromatic heterocycles. The second-order valence-corrected chi connectivity index (χ2v) is 5.73. The molecule has 18 heavy (non-hydrogen) atoms. The summed E-state index contributed by atoms with van der Waals surface area (Å²) in [5, 5.41) is 0. The number of hydrogen-bond donors (Lipinski definition) is 1. The highest BCUT2D eigenvalue weighted by atomic mass is 32.2. The molecular weight excluding hydrogens is 259 g/mol. The van der Waals surface area contributed by atoms with Crippen LogP contribution in [0.5, 0.6) is 0 Å². The molecule has 0 radical (unpaired) electrons. The summed E-state index contributed by atoms with van der Waals surface area (Å²) in [5.74, 6) is -0.696. The minimum atomic E-state index is -3.25. The lowest BCUT2D eigenvalue weighted by molar-refractivity contribution is 0.0797. The first-order valence-corrected chi connectivity index (χ1v) is 7.14. The van der Waals surface area contributed by atoms with Crippen LogP contribution in [0.4, 0.5) is 4.39 Å². The monoisotopic (exact) mass is 274 g/mol. The molecule has 1 amide bonds. The van der Waals surface area contributed by atoms with Crippen LogP contribution in [-0.4, -0.2) is 45.6 Å². The Bertz CT molecular complexity index is 514. The molecule has 0 saturated carbocycles. The molecule has 0 unspecified atom stereocenters. The third kappa shape index (κ3) is 4.80. The van der Waals surface area contributed by atoms with Gasteiger partial charge in [0.05, 0.1) is 6.26 Å². The Morgan fingerprint density at radius 2 is 1.89 bits per heavy atom. The van der Waals surface area contributed by atoms with Crippen molar-refractivity contribution in [2.45, 2.75) is 0 Å². The number of benzene rings is 1. The molecule has 0 atom stereocenters. The van der Waals surface area contributed by atoms with Gasteiger partial charge in [0, 0.05) is 25.7 Å². The third-order valence-corrected chi connectivity index (χ3v) is 2.98. The van der Waals surface area contributed by atoms with Crippen LogP contribution >= 0.6 is 0 Å². The Labute approximate surface area is 106 Å². The fourth-order valence-corrected chi connectivity index (χ4v) is 1.78. The van der Waals surface area contributed by atoms with E-state index in [0.717, 1.165) is 6.26 Å². The van der Waals surface area contributed by atoms with Crippen molar-refractivity contribution in [2.75, 3.05) is 26.4 Å². The van der Waals surface area contributed by atoms with E-state index in [1.807, 2.05) is 0 Å². The minimum absolute atomic E-state index is 0.141. The average Bonchev–Trinajstić information content (AvgIpc) is 2.27. The van der Waals surface area contributed by atoms with E-state index < -0.39 is 15.8 Å². The summed E-state index contributed by atoms with van der Waals surface area (Å²) in [6.07, 6.45) is 1.05. The number of nitrogens with one attached hydrogen (secondary N) is 1. The van der Waals surface area contributed by atoms with E-state index in [4.69, 9.17) is 0 Å². The zero-order chi connectivity index (χ0) is 13.8. The number of amides is 1. The molecule has 0 bridgehead atoms. The zero-order valence-electron chi connectivity index (χ0n) is 10.2. The molecule has 1 aromatic rings. The molecule has 5 nitrogen and oxygen atoms in total. The Morgan fingerprint density at radius 1 is 1.33 bits per heavy atom. The van der Waals surface area contributed by atoms with E-state index in [1.165, 1.54) is 29.2 Å². The molecule has 0 aliphatic heterocycles. The molecule has 100 valence electrons. The number of nitrogens with zero attached hydrogens (tertiary/aromatic N) is 1. The van der Waals surface area contributed by atoms with Crippen LogP contribution < -0.4 is 4.72 Å². The van der Waals surface area contributed by atoms with Gasteiger partial charge in [-0.25, -0.2) is 17.5 Å². The molecule has 0 heterocycles. The number of likely N-dealkylation sites (N-methyl/N-ethyl adjacent to an activating group) is 1. The molecule has 0 spiro atoms. The predicted octanol–water partition coefficient (Wildman–Crippen LogP) is 0.447. The summed E-state index contributed by atoms with van der Waals surface area (Å²) < 4.78 is 36.6. The van der Waals surface area contributed by atoms with Gasteiger partial charge in [0.25, 0.3) is 5.91 Å². The van der Waals surface area contributed by atoms with Crippen LogP contribution in [0.15, 0.2) is 24.3 Å². The van der Waals surface area contributed by atoms with Gasteiger partial charge in [-0.15, -0.1) is 0 Å². The van der Waals surface area contributed by atoms with Crippen LogP contribution in [0.25, 0.3) is 0 Å². The van der Waals surface area contributed by atoms with Crippen LogP contribution in [0.1, 0.15) is 10.4 Å². The Hall–Kier alpha value is -1.47. The van der Waals surface area contributed by atoms with Gasteiger partial charge in [-0.3, -0.25) is 4.79 Å². The van der Waals surface area contributed by atoms with Crippen LogP contribution in [0, 0.1) is 5.82 Å². The number of sulfonamides is 1. The van der Waals surface area contributed by atoms with E-state index >= 15 is 0 Å². The first kappa shape index (κ1) is 14.6. The standard InChI is InChI=1S/C11H15FN2O3S/c1-14(8-7-13-18(2,16)17)11(15)9-3-5-10(12)6-4-9/h3-6,13H,7-8H2,1-2H3. The third-order valence-electron chi connectivity index (χ3n) is 2.25. The maximum atomic E-state index is 12.7. The minimum Gasteiger partial charge on any atom is -0.340 e. The van der Waals surface area contributed by atoms with Gasteiger partial charge < -0.3 is 4.90 Å². The van der Waals surface area contributed by atoms with Gasteiger partial charge in [-0.05, 0) is 24.3 Å². The number of halogens is 1. The number of carbonyl (C=O) groups is 1. The quantitative estimate of drug-likeness (QED) is 0.847. The van der Waals surface area contributed by atoms with Gasteiger partial charge >= 0.3 is 0 Å². The fourth-order valence-electron chi connectivity index (χ4n) is 1.31. The largest absolute Gasteiger partial charge is 0.340 e. The molecule has 1 rings (SSSR count). The van der Waals surface area contributed by atoms with Gasteiger partial charge in [0.15, 0.2) is 0 Å². The van der Waals surface area contributed by atoms with Crippen molar-refractivity contribution in [1.82, 2.24) is 9.62 Å². The summed E-state index contributed by atoms with van der Waals surface area (Å²) in [7, 11) is -1.70. The maximum Gasteiger partial charge on any atom is 0.253 e. The Kier molecular flexibility index (Phi) is 4.80. The lowest BCUT2D eigenvalue weighted by Gasteiger charge is -2.17. The molecule has 0 saturated heterocycles. The van der Waals surface area contributed by atoms with Gasteiger partial charge in [0.2, 0.25) is 10.0 Å². The zero-order valence-corrected chi connectivity index (χ0v) is 11.0. The molecule has 7 heteroatoms. The SMILES string of the molecule is CN(CCNS(C)(=O)=O)C(=O)c1ccc(F)cc1. The fraction of sp³-hybridized carbons (Fsp3) is 0.364. The second-order valence-electron chi connectivity index (χ2n) is 3.90. The van der Waals surface area contributed by atoms with Crippen LogP contribution in [0.2, 0.25) is 0 Å². The average molecular weight is 274 g/mol. The van der Waals surface area contributed by atoms with Crippen molar-refractivity contribution in [3.63, 3.8) is 0 Å². The predicted molar refractivity (Wildman–Crippen MR) is 66.2 cm³/mol. The molecular formula is C11H15FN2O3S. The molecule has 0 aliphatic carbocycles. The van der Waals surface area contributed by atoms with Gasteiger partial charge in [-0.2, -0.15) is 0 Å². The van der Waals surface area contributed by atoms with Crippen LogP contribution in [-0.2, 0) is 10.0 Å². The van der Waals surface area contributed by atoms with Crippen molar-refractivity contribution in [1.29, 1.82) is 0 Å². The normalized spacial score (nSPS) is 11.3. The first-order valence-electron chi connectivity index (χ1n) is 5.25. The van der Waals surface area contributed by atoms with Crippen LogP contribution in [0.3, 0.4) is 0 Å².